The van der Waals surface area contributed by atoms with E-state index in [-0.39, 0.29) is 22.8 Å². The average molecular weight is 356 g/mol. The van der Waals surface area contributed by atoms with Crippen molar-refractivity contribution in [1.82, 2.24) is 5.32 Å². The average Bonchev–Trinajstić information content (AvgIpc) is 2.50. The van der Waals surface area contributed by atoms with E-state index in [0.29, 0.717) is 11.7 Å². The maximum atomic E-state index is 12.5. The first kappa shape index (κ1) is 16.1. The number of aromatic hydroxyl groups is 1. The normalized spacial score (nSPS) is 25.4. The largest absolute Gasteiger partial charge is 0.504 e. The van der Waals surface area contributed by atoms with Gasteiger partial charge in [0.25, 0.3) is 5.91 Å². The van der Waals surface area contributed by atoms with E-state index in [0.717, 1.165) is 31.0 Å². The predicted molar refractivity (Wildman–Crippen MR) is 86.3 cm³/mol. The molecule has 1 fully saturated rings. The molecule has 4 nitrogen and oxygen atoms in total. The highest BCUT2D eigenvalue weighted by Crippen LogP contribution is 2.35. The van der Waals surface area contributed by atoms with E-state index in [9.17, 15) is 9.90 Å². The van der Waals surface area contributed by atoms with Crippen molar-refractivity contribution in [3.63, 3.8) is 0 Å². The van der Waals surface area contributed by atoms with Crippen LogP contribution in [0.2, 0.25) is 0 Å². The minimum atomic E-state index is -0.250. The van der Waals surface area contributed by atoms with Crippen LogP contribution in [-0.2, 0) is 0 Å². The van der Waals surface area contributed by atoms with Gasteiger partial charge in [0.05, 0.1) is 18.2 Å². The molecule has 0 bridgehead atoms. The Morgan fingerprint density at radius 2 is 2.14 bits per heavy atom. The van der Waals surface area contributed by atoms with E-state index >= 15 is 0 Å². The number of carbonyl (C=O) groups excluding carboxylic acids is 1. The molecule has 1 aliphatic carbocycles. The van der Waals surface area contributed by atoms with Crippen LogP contribution in [0.25, 0.3) is 0 Å². The number of rotatable bonds is 4. The zero-order valence-electron chi connectivity index (χ0n) is 12.5. The van der Waals surface area contributed by atoms with Crippen LogP contribution in [-0.4, -0.2) is 29.0 Å². The number of alkyl halides is 1. The fourth-order valence-corrected chi connectivity index (χ4v) is 3.49. The van der Waals surface area contributed by atoms with Crippen molar-refractivity contribution in [2.45, 2.75) is 38.1 Å². The molecule has 0 aromatic heterocycles. The zero-order valence-corrected chi connectivity index (χ0v) is 14.1. The molecule has 1 aliphatic rings. The Balaban J connectivity index is 2.17. The standard InChI is InChI=1S/C16H22BrNO3/c1-11-6-8-16(10-17,9-7-11)18-15(20)12-4-3-5-13(21-2)14(12)19/h3-5,11,19H,6-10H2,1-2H3,(H,18,20). The SMILES string of the molecule is COc1cccc(C(=O)NC2(CBr)CCC(C)CC2)c1O. The summed E-state index contributed by atoms with van der Waals surface area (Å²) in [5.41, 5.74) is 0.0346. The second-order valence-corrected chi connectivity index (χ2v) is 6.47. The summed E-state index contributed by atoms with van der Waals surface area (Å²) in [6.07, 6.45) is 4.12. The fourth-order valence-electron chi connectivity index (χ4n) is 2.79. The van der Waals surface area contributed by atoms with Crippen LogP contribution in [0.15, 0.2) is 18.2 Å². The van der Waals surface area contributed by atoms with Gasteiger partial charge in [-0.15, -0.1) is 0 Å². The third kappa shape index (κ3) is 3.51. The van der Waals surface area contributed by atoms with E-state index in [1.54, 1.807) is 18.2 Å². The number of phenols is 1. The quantitative estimate of drug-likeness (QED) is 0.813. The Morgan fingerprint density at radius 1 is 1.48 bits per heavy atom. The molecule has 1 aromatic rings. The summed E-state index contributed by atoms with van der Waals surface area (Å²) in [5, 5.41) is 13.9. The van der Waals surface area contributed by atoms with Crippen LogP contribution < -0.4 is 10.1 Å². The van der Waals surface area contributed by atoms with Crippen molar-refractivity contribution < 1.29 is 14.6 Å². The second-order valence-electron chi connectivity index (χ2n) is 5.91. The highest BCUT2D eigenvalue weighted by Gasteiger charge is 2.35. The van der Waals surface area contributed by atoms with Gasteiger partial charge in [0.1, 0.15) is 0 Å². The molecule has 0 heterocycles. The molecule has 0 atom stereocenters. The van der Waals surface area contributed by atoms with E-state index in [1.807, 2.05) is 0 Å². The van der Waals surface area contributed by atoms with Gasteiger partial charge in [0.15, 0.2) is 11.5 Å². The number of hydrogen-bond donors (Lipinski definition) is 2. The molecule has 0 spiro atoms. The lowest BCUT2D eigenvalue weighted by molar-refractivity contribution is 0.0871. The molecule has 1 amide bonds. The summed E-state index contributed by atoms with van der Waals surface area (Å²) in [4.78, 5) is 12.5. The van der Waals surface area contributed by atoms with Crippen LogP contribution in [0, 0.1) is 5.92 Å². The van der Waals surface area contributed by atoms with Gasteiger partial charge in [0, 0.05) is 5.33 Å². The molecule has 1 aromatic carbocycles. The molecule has 1 saturated carbocycles. The van der Waals surface area contributed by atoms with Crippen LogP contribution >= 0.6 is 15.9 Å². The van der Waals surface area contributed by atoms with Crippen molar-refractivity contribution in [3.05, 3.63) is 23.8 Å². The number of hydrogen-bond acceptors (Lipinski definition) is 3. The maximum Gasteiger partial charge on any atom is 0.255 e. The topological polar surface area (TPSA) is 58.6 Å². The van der Waals surface area contributed by atoms with Crippen molar-refractivity contribution in [3.8, 4) is 11.5 Å². The Kier molecular flexibility index (Phi) is 5.14. The molecular weight excluding hydrogens is 334 g/mol. The van der Waals surface area contributed by atoms with Gasteiger partial charge >= 0.3 is 0 Å². The van der Waals surface area contributed by atoms with Crippen molar-refractivity contribution in [1.29, 1.82) is 0 Å². The Morgan fingerprint density at radius 3 is 2.71 bits per heavy atom. The Bertz CT molecular complexity index is 510. The number of carbonyl (C=O) groups is 1. The zero-order chi connectivity index (χ0) is 15.5. The molecule has 0 saturated heterocycles. The van der Waals surface area contributed by atoms with E-state index in [2.05, 4.69) is 28.2 Å². The third-order valence-electron chi connectivity index (χ3n) is 4.33. The summed E-state index contributed by atoms with van der Waals surface area (Å²) < 4.78 is 5.05. The van der Waals surface area contributed by atoms with Gasteiger partial charge in [-0.25, -0.2) is 0 Å². The molecule has 0 aliphatic heterocycles. The first-order valence-corrected chi connectivity index (χ1v) is 8.38. The number of nitrogens with one attached hydrogen (secondary N) is 1. The highest BCUT2D eigenvalue weighted by molar-refractivity contribution is 9.09. The summed E-state index contributed by atoms with van der Waals surface area (Å²) in [5.74, 6) is 0.666. The van der Waals surface area contributed by atoms with Crippen molar-refractivity contribution >= 4 is 21.8 Å². The first-order valence-electron chi connectivity index (χ1n) is 7.26. The molecule has 116 valence electrons. The molecule has 21 heavy (non-hydrogen) atoms. The first-order chi connectivity index (χ1) is 10.0. The van der Waals surface area contributed by atoms with Crippen LogP contribution in [0.5, 0.6) is 11.5 Å². The maximum absolute atomic E-state index is 12.5. The molecular formula is C16H22BrNO3. The second kappa shape index (κ2) is 6.69. The van der Waals surface area contributed by atoms with Crippen molar-refractivity contribution in [2.75, 3.05) is 12.4 Å². The minimum Gasteiger partial charge on any atom is -0.504 e. The number of phenolic OH excluding ortho intramolecular Hbond substituents is 1. The minimum absolute atomic E-state index is 0.105. The van der Waals surface area contributed by atoms with Gasteiger partial charge in [0.2, 0.25) is 0 Å². The smallest absolute Gasteiger partial charge is 0.255 e. The lowest BCUT2D eigenvalue weighted by Crippen LogP contribution is -2.52. The highest BCUT2D eigenvalue weighted by atomic mass is 79.9. The van der Waals surface area contributed by atoms with Gasteiger partial charge in [-0.3, -0.25) is 4.79 Å². The molecule has 5 heteroatoms. The number of methoxy groups -OCH3 is 1. The Hall–Kier alpha value is -1.23. The number of halogens is 1. The van der Waals surface area contributed by atoms with Crippen LogP contribution in [0.3, 0.4) is 0 Å². The fraction of sp³-hybridized carbons (Fsp3) is 0.562. The molecule has 2 rings (SSSR count). The molecule has 0 unspecified atom stereocenters. The number of para-hydroxylation sites is 1. The third-order valence-corrected chi connectivity index (χ3v) is 5.40. The lowest BCUT2D eigenvalue weighted by Gasteiger charge is -2.39. The molecule has 2 N–H and O–H groups in total. The van der Waals surface area contributed by atoms with Gasteiger partial charge in [-0.05, 0) is 43.7 Å². The number of benzene rings is 1. The number of ether oxygens (including phenoxy) is 1. The summed E-state index contributed by atoms with van der Waals surface area (Å²) in [6, 6.07) is 4.95. The summed E-state index contributed by atoms with van der Waals surface area (Å²) in [6.45, 7) is 2.24. The summed E-state index contributed by atoms with van der Waals surface area (Å²) in [7, 11) is 1.47. The van der Waals surface area contributed by atoms with Crippen molar-refractivity contribution in [2.24, 2.45) is 5.92 Å². The number of amides is 1. The summed E-state index contributed by atoms with van der Waals surface area (Å²) >= 11 is 3.53. The van der Waals surface area contributed by atoms with Gasteiger partial charge < -0.3 is 15.2 Å². The molecule has 0 radical (unpaired) electrons. The van der Waals surface area contributed by atoms with E-state index in [1.165, 1.54) is 7.11 Å². The van der Waals surface area contributed by atoms with E-state index < -0.39 is 0 Å². The monoisotopic (exact) mass is 355 g/mol. The Labute approximate surface area is 134 Å². The van der Waals surface area contributed by atoms with Gasteiger partial charge in [-0.1, -0.05) is 28.9 Å². The van der Waals surface area contributed by atoms with Crippen LogP contribution in [0.1, 0.15) is 43.0 Å². The van der Waals surface area contributed by atoms with E-state index in [4.69, 9.17) is 4.74 Å². The lowest BCUT2D eigenvalue weighted by atomic mass is 9.78. The van der Waals surface area contributed by atoms with Gasteiger partial charge in [-0.2, -0.15) is 0 Å². The predicted octanol–water partition coefficient (Wildman–Crippen LogP) is 3.47. The van der Waals surface area contributed by atoms with Crippen LogP contribution in [0.4, 0.5) is 0 Å².